The predicted octanol–water partition coefficient (Wildman–Crippen LogP) is 3.49. The fourth-order valence-electron chi connectivity index (χ4n) is 3.81. The van der Waals surface area contributed by atoms with E-state index in [0.717, 1.165) is 6.42 Å². The third kappa shape index (κ3) is 2.91. The van der Waals surface area contributed by atoms with Crippen molar-refractivity contribution in [3.8, 4) is 0 Å². The average Bonchev–Trinajstić information content (AvgIpc) is 2.64. The Morgan fingerprint density at radius 2 is 1.70 bits per heavy atom. The first-order chi connectivity index (χ1) is 9.45. The summed E-state index contributed by atoms with van der Waals surface area (Å²) in [7, 11) is 2.08. The van der Waals surface area contributed by atoms with E-state index in [0.29, 0.717) is 30.1 Å². The number of benzene rings is 1. The van der Waals surface area contributed by atoms with Crippen molar-refractivity contribution in [2.24, 2.45) is 11.8 Å². The van der Waals surface area contributed by atoms with E-state index in [4.69, 9.17) is 4.74 Å². The molecule has 1 saturated heterocycles. The van der Waals surface area contributed by atoms with E-state index in [1.54, 1.807) is 0 Å². The Morgan fingerprint density at radius 3 is 2.15 bits per heavy atom. The fraction of sp³-hybridized carbons (Fsp3) is 0.667. The zero-order valence-electron chi connectivity index (χ0n) is 13.7. The highest BCUT2D eigenvalue weighted by Crippen LogP contribution is 2.35. The first kappa shape index (κ1) is 15.5. The molecule has 0 bridgehead atoms. The summed E-state index contributed by atoms with van der Waals surface area (Å²) in [5, 5.41) is 3.55. The standard InChI is InChI=1S/C18H29NO/c1-11-8-7-9-12(2)16(11)10-17(19-6)18-13(3)14(4)20-15(18)5/h7-9,13-15,17-19H,10H2,1-6H3. The zero-order chi connectivity index (χ0) is 14.9. The number of hydrogen-bond acceptors (Lipinski definition) is 2. The van der Waals surface area contributed by atoms with Gasteiger partial charge in [-0.3, -0.25) is 0 Å². The number of aryl methyl sites for hydroxylation is 2. The molecule has 20 heavy (non-hydrogen) atoms. The van der Waals surface area contributed by atoms with Gasteiger partial charge in [-0.05, 0) is 63.8 Å². The third-order valence-corrected chi connectivity index (χ3v) is 5.22. The summed E-state index contributed by atoms with van der Waals surface area (Å²) in [6.07, 6.45) is 1.79. The number of nitrogens with one attached hydrogen (secondary N) is 1. The molecule has 0 amide bonds. The Morgan fingerprint density at radius 1 is 1.10 bits per heavy atom. The summed E-state index contributed by atoms with van der Waals surface area (Å²) in [5.41, 5.74) is 4.29. The van der Waals surface area contributed by atoms with Gasteiger partial charge in [0.15, 0.2) is 0 Å². The molecule has 1 fully saturated rings. The van der Waals surface area contributed by atoms with Gasteiger partial charge in [-0.2, -0.15) is 0 Å². The number of ether oxygens (including phenoxy) is 1. The lowest BCUT2D eigenvalue weighted by atomic mass is 9.80. The summed E-state index contributed by atoms with van der Waals surface area (Å²) in [5.74, 6) is 1.18. The molecule has 0 spiro atoms. The Kier molecular flexibility index (Phi) is 4.87. The van der Waals surface area contributed by atoms with Gasteiger partial charge in [-0.15, -0.1) is 0 Å². The smallest absolute Gasteiger partial charge is 0.0597 e. The van der Waals surface area contributed by atoms with Crippen LogP contribution in [0.15, 0.2) is 18.2 Å². The molecule has 2 rings (SSSR count). The molecule has 1 heterocycles. The molecule has 0 saturated carbocycles. The van der Waals surface area contributed by atoms with Crippen molar-refractivity contribution in [3.63, 3.8) is 0 Å². The van der Waals surface area contributed by atoms with Crippen LogP contribution in [0.5, 0.6) is 0 Å². The average molecular weight is 275 g/mol. The quantitative estimate of drug-likeness (QED) is 0.908. The summed E-state index contributed by atoms with van der Waals surface area (Å²) in [6.45, 7) is 11.2. The highest BCUT2D eigenvalue weighted by Gasteiger charge is 2.41. The molecule has 2 nitrogen and oxygen atoms in total. The first-order valence-corrected chi connectivity index (χ1v) is 7.83. The Bertz CT molecular complexity index is 436. The van der Waals surface area contributed by atoms with Crippen LogP contribution in [-0.2, 0) is 11.2 Å². The minimum atomic E-state index is 0.335. The Balaban J connectivity index is 2.21. The van der Waals surface area contributed by atoms with Crippen molar-refractivity contribution in [1.29, 1.82) is 0 Å². The maximum absolute atomic E-state index is 6.03. The van der Waals surface area contributed by atoms with Crippen LogP contribution in [0.25, 0.3) is 0 Å². The van der Waals surface area contributed by atoms with Crippen molar-refractivity contribution in [3.05, 3.63) is 34.9 Å². The first-order valence-electron chi connectivity index (χ1n) is 7.83. The van der Waals surface area contributed by atoms with Crippen LogP contribution in [0, 0.1) is 25.7 Å². The molecular weight excluding hydrogens is 246 g/mol. The Hall–Kier alpha value is -0.860. The molecule has 112 valence electrons. The van der Waals surface area contributed by atoms with E-state index in [1.165, 1.54) is 16.7 Å². The van der Waals surface area contributed by atoms with Gasteiger partial charge in [0.1, 0.15) is 0 Å². The molecule has 1 aromatic rings. The molecule has 1 aromatic carbocycles. The van der Waals surface area contributed by atoms with Crippen LogP contribution in [0.3, 0.4) is 0 Å². The van der Waals surface area contributed by atoms with Crippen molar-refractivity contribution in [1.82, 2.24) is 5.32 Å². The van der Waals surface area contributed by atoms with E-state index in [-0.39, 0.29) is 0 Å². The molecule has 5 atom stereocenters. The maximum atomic E-state index is 6.03. The van der Waals surface area contributed by atoms with Crippen LogP contribution < -0.4 is 5.32 Å². The monoisotopic (exact) mass is 275 g/mol. The van der Waals surface area contributed by atoms with Gasteiger partial charge in [0.25, 0.3) is 0 Å². The molecule has 0 aliphatic carbocycles. The number of likely N-dealkylation sites (N-methyl/N-ethyl adjacent to an activating group) is 1. The molecule has 1 aliphatic heterocycles. The third-order valence-electron chi connectivity index (χ3n) is 5.22. The van der Waals surface area contributed by atoms with Crippen LogP contribution in [0.4, 0.5) is 0 Å². The van der Waals surface area contributed by atoms with Crippen LogP contribution in [0.2, 0.25) is 0 Å². The fourth-order valence-corrected chi connectivity index (χ4v) is 3.81. The molecule has 0 radical (unpaired) electrons. The minimum absolute atomic E-state index is 0.335. The predicted molar refractivity (Wildman–Crippen MR) is 85.1 cm³/mol. The van der Waals surface area contributed by atoms with Crippen molar-refractivity contribution in [2.75, 3.05) is 7.05 Å². The molecule has 0 aromatic heterocycles. The van der Waals surface area contributed by atoms with Crippen molar-refractivity contribution in [2.45, 2.75) is 59.3 Å². The lowest BCUT2D eigenvalue weighted by Gasteiger charge is -2.30. The highest BCUT2D eigenvalue weighted by molar-refractivity contribution is 5.34. The van der Waals surface area contributed by atoms with E-state index >= 15 is 0 Å². The molecular formula is C18H29NO. The zero-order valence-corrected chi connectivity index (χ0v) is 13.7. The lowest BCUT2D eigenvalue weighted by molar-refractivity contribution is 0.0479. The summed E-state index contributed by atoms with van der Waals surface area (Å²) < 4.78 is 6.03. The van der Waals surface area contributed by atoms with Gasteiger partial charge in [-0.1, -0.05) is 25.1 Å². The van der Waals surface area contributed by atoms with E-state index in [1.807, 2.05) is 0 Å². The van der Waals surface area contributed by atoms with E-state index < -0.39 is 0 Å². The van der Waals surface area contributed by atoms with Gasteiger partial charge in [0, 0.05) is 12.0 Å². The highest BCUT2D eigenvalue weighted by atomic mass is 16.5. The maximum Gasteiger partial charge on any atom is 0.0597 e. The van der Waals surface area contributed by atoms with E-state index in [9.17, 15) is 0 Å². The molecule has 2 heteroatoms. The minimum Gasteiger partial charge on any atom is -0.375 e. The van der Waals surface area contributed by atoms with Crippen LogP contribution in [0.1, 0.15) is 37.5 Å². The molecule has 1 N–H and O–H groups in total. The Labute approximate surface area is 123 Å². The van der Waals surface area contributed by atoms with Gasteiger partial charge >= 0.3 is 0 Å². The van der Waals surface area contributed by atoms with Gasteiger partial charge in [0.05, 0.1) is 12.2 Å². The van der Waals surface area contributed by atoms with E-state index in [2.05, 4.69) is 65.2 Å². The lowest BCUT2D eigenvalue weighted by Crippen LogP contribution is -2.41. The SMILES string of the molecule is CNC(Cc1c(C)cccc1C)C1C(C)OC(C)C1C. The van der Waals surface area contributed by atoms with Crippen LogP contribution >= 0.6 is 0 Å². The van der Waals surface area contributed by atoms with Gasteiger partial charge in [0.2, 0.25) is 0 Å². The number of hydrogen-bond donors (Lipinski definition) is 1. The largest absolute Gasteiger partial charge is 0.375 e. The summed E-state index contributed by atoms with van der Waals surface area (Å²) in [4.78, 5) is 0. The van der Waals surface area contributed by atoms with Crippen molar-refractivity contribution >= 4 is 0 Å². The molecule has 5 unspecified atom stereocenters. The topological polar surface area (TPSA) is 21.3 Å². The second-order valence-corrected chi connectivity index (χ2v) is 6.45. The summed E-state index contributed by atoms with van der Waals surface area (Å²) in [6, 6.07) is 7.06. The normalized spacial score (nSPS) is 31.5. The summed E-state index contributed by atoms with van der Waals surface area (Å²) >= 11 is 0. The van der Waals surface area contributed by atoms with Gasteiger partial charge < -0.3 is 10.1 Å². The second-order valence-electron chi connectivity index (χ2n) is 6.45. The van der Waals surface area contributed by atoms with Crippen LogP contribution in [-0.4, -0.2) is 25.3 Å². The van der Waals surface area contributed by atoms with Crippen molar-refractivity contribution < 1.29 is 4.74 Å². The molecule has 1 aliphatic rings. The second kappa shape index (κ2) is 6.28. The number of rotatable bonds is 4. The van der Waals surface area contributed by atoms with Gasteiger partial charge in [-0.25, -0.2) is 0 Å².